The van der Waals surface area contributed by atoms with Crippen molar-refractivity contribution >= 4 is 39.4 Å². The first-order valence-corrected chi connectivity index (χ1v) is 11.0. The highest BCUT2D eigenvalue weighted by atomic mass is 35.5. The predicted octanol–water partition coefficient (Wildman–Crippen LogP) is 3.23. The van der Waals surface area contributed by atoms with Crippen LogP contribution in [0.5, 0.6) is 0 Å². The van der Waals surface area contributed by atoms with Crippen LogP contribution in [0, 0.1) is 0 Å². The Morgan fingerprint density at radius 3 is 2.71 bits per heavy atom. The largest absolute Gasteiger partial charge is 0.366 e. The van der Waals surface area contributed by atoms with Crippen LogP contribution in [-0.4, -0.2) is 65.4 Å². The molecule has 5 rings (SSSR count). The van der Waals surface area contributed by atoms with Crippen molar-refractivity contribution in [3.63, 3.8) is 0 Å². The Balaban J connectivity index is 1.57. The molecular weight excluding hydrogens is 410 g/mol. The van der Waals surface area contributed by atoms with Gasteiger partial charge in [0.15, 0.2) is 0 Å². The van der Waals surface area contributed by atoms with Gasteiger partial charge in [0.2, 0.25) is 5.91 Å². The van der Waals surface area contributed by atoms with Gasteiger partial charge in [0.1, 0.15) is 10.8 Å². The highest BCUT2D eigenvalue weighted by molar-refractivity contribution is 6.30. The number of aromatic nitrogens is 2. The molecule has 3 aromatic rings. The van der Waals surface area contributed by atoms with Gasteiger partial charge in [-0.15, -0.1) is 0 Å². The maximum absolute atomic E-state index is 11.7. The van der Waals surface area contributed by atoms with E-state index in [1.54, 1.807) is 0 Å². The van der Waals surface area contributed by atoms with Gasteiger partial charge in [0.05, 0.1) is 0 Å². The normalized spacial score (nSPS) is 22.8. The number of fused-ring (bicyclic) bond motifs is 3. The predicted molar refractivity (Wildman–Crippen MR) is 125 cm³/mol. The van der Waals surface area contributed by atoms with Gasteiger partial charge in [-0.25, -0.2) is 4.98 Å². The second kappa shape index (κ2) is 7.79. The van der Waals surface area contributed by atoms with Gasteiger partial charge in [-0.05, 0) is 43.3 Å². The minimum atomic E-state index is -0.375. The summed E-state index contributed by atoms with van der Waals surface area (Å²) in [6, 6.07) is 10.4. The highest BCUT2D eigenvalue weighted by Gasteiger charge is 2.34. The number of rotatable bonds is 4. The zero-order valence-electron chi connectivity index (χ0n) is 17.6. The van der Waals surface area contributed by atoms with E-state index in [9.17, 15) is 4.79 Å². The summed E-state index contributed by atoms with van der Waals surface area (Å²) in [7, 11) is 2.17. The first-order chi connectivity index (χ1) is 14.9. The average molecular weight is 436 g/mol. The molecule has 1 saturated heterocycles. The summed E-state index contributed by atoms with van der Waals surface area (Å²) in [5.41, 5.74) is 8.96. The Morgan fingerprint density at radius 1 is 1.19 bits per heavy atom. The van der Waals surface area contributed by atoms with Crippen molar-refractivity contribution in [3.8, 4) is 0 Å². The van der Waals surface area contributed by atoms with Crippen LogP contribution in [0.25, 0.3) is 21.9 Å². The van der Waals surface area contributed by atoms with Crippen LogP contribution >= 0.6 is 11.6 Å². The van der Waals surface area contributed by atoms with E-state index in [1.807, 2.05) is 24.3 Å². The van der Waals surface area contributed by atoms with Crippen molar-refractivity contribution in [3.05, 3.63) is 64.8 Å². The summed E-state index contributed by atoms with van der Waals surface area (Å²) in [4.78, 5) is 24.4. The van der Waals surface area contributed by atoms with Gasteiger partial charge in [-0.1, -0.05) is 35.9 Å². The Bertz CT molecular complexity index is 1220. The average Bonchev–Trinajstić information content (AvgIpc) is 3.12. The fourth-order valence-corrected chi connectivity index (χ4v) is 4.90. The summed E-state index contributed by atoms with van der Waals surface area (Å²) in [6.45, 7) is 5.11. The van der Waals surface area contributed by atoms with E-state index in [0.29, 0.717) is 10.7 Å². The molecular formula is C24H26ClN5O. The van der Waals surface area contributed by atoms with E-state index in [2.05, 4.69) is 51.1 Å². The molecule has 1 unspecified atom stereocenters. The van der Waals surface area contributed by atoms with Gasteiger partial charge < -0.3 is 15.6 Å². The lowest BCUT2D eigenvalue weighted by molar-refractivity contribution is -0.114. The van der Waals surface area contributed by atoms with E-state index in [-0.39, 0.29) is 11.3 Å². The number of nitrogens with zero attached hydrogens (tertiary/aromatic N) is 3. The molecule has 1 aliphatic heterocycles. The third-order valence-corrected chi connectivity index (χ3v) is 6.86. The number of pyridine rings is 1. The molecule has 3 N–H and O–H groups in total. The maximum atomic E-state index is 11.7. The zero-order valence-corrected chi connectivity index (χ0v) is 18.3. The van der Waals surface area contributed by atoms with E-state index in [1.165, 1.54) is 5.56 Å². The van der Waals surface area contributed by atoms with Crippen molar-refractivity contribution < 1.29 is 4.79 Å². The number of allylic oxidation sites excluding steroid dienone is 1. The summed E-state index contributed by atoms with van der Waals surface area (Å²) in [6.07, 6.45) is 6.80. The SMILES string of the molecule is CN1CCN(CC2(c3ccc4[nH]c5nc(Cl)ccc5c4c3)C=CC(C(N)=O)=CC2)CC1. The van der Waals surface area contributed by atoms with E-state index in [4.69, 9.17) is 17.3 Å². The van der Waals surface area contributed by atoms with Crippen molar-refractivity contribution in [2.75, 3.05) is 39.8 Å². The number of nitrogens with two attached hydrogens (primary N) is 1. The quantitative estimate of drug-likeness (QED) is 0.617. The number of aromatic amines is 1. The van der Waals surface area contributed by atoms with Gasteiger partial charge in [0, 0.05) is 60.0 Å². The van der Waals surface area contributed by atoms with Crippen LogP contribution in [0.15, 0.2) is 54.1 Å². The molecule has 0 radical (unpaired) electrons. The number of halogens is 1. The number of piperazine rings is 1. The monoisotopic (exact) mass is 435 g/mol. The molecule has 2 aromatic heterocycles. The lowest BCUT2D eigenvalue weighted by Crippen LogP contribution is -2.49. The van der Waals surface area contributed by atoms with Crippen molar-refractivity contribution in [1.82, 2.24) is 19.8 Å². The van der Waals surface area contributed by atoms with Crippen molar-refractivity contribution in [1.29, 1.82) is 0 Å². The van der Waals surface area contributed by atoms with Gasteiger partial charge in [-0.3, -0.25) is 9.69 Å². The maximum Gasteiger partial charge on any atom is 0.248 e. The Hall–Kier alpha value is -2.67. The summed E-state index contributed by atoms with van der Waals surface area (Å²) in [5, 5.41) is 2.67. The van der Waals surface area contributed by atoms with E-state index < -0.39 is 0 Å². The van der Waals surface area contributed by atoms with Crippen LogP contribution < -0.4 is 5.73 Å². The summed E-state index contributed by atoms with van der Waals surface area (Å²) < 4.78 is 0. The molecule has 1 amide bonds. The molecule has 0 bridgehead atoms. The molecule has 6 nitrogen and oxygen atoms in total. The standard InChI is InChI=1S/C24H26ClN5O/c1-29-10-12-30(13-11-29)15-24(8-6-16(7-9-24)22(26)31)17-2-4-20-19(14-17)18-3-5-21(25)28-23(18)27-20/h2-8,14H,9-13,15H2,1H3,(H2,26,31)(H,27,28). The zero-order chi connectivity index (χ0) is 21.6. The lowest BCUT2D eigenvalue weighted by Gasteiger charge is -2.41. The highest BCUT2D eigenvalue weighted by Crippen LogP contribution is 2.38. The van der Waals surface area contributed by atoms with Crippen LogP contribution in [0.3, 0.4) is 0 Å². The third-order valence-electron chi connectivity index (χ3n) is 6.65. The summed E-state index contributed by atoms with van der Waals surface area (Å²) in [5.74, 6) is -0.375. The van der Waals surface area contributed by atoms with Crippen molar-refractivity contribution in [2.24, 2.45) is 5.73 Å². The summed E-state index contributed by atoms with van der Waals surface area (Å²) >= 11 is 6.09. The lowest BCUT2D eigenvalue weighted by atomic mass is 9.73. The molecule has 2 aliphatic rings. The van der Waals surface area contributed by atoms with E-state index in [0.717, 1.165) is 61.1 Å². The first kappa shape index (κ1) is 20.2. The Labute approximate surface area is 186 Å². The fourth-order valence-electron chi connectivity index (χ4n) is 4.75. The minimum Gasteiger partial charge on any atom is -0.366 e. The molecule has 7 heteroatoms. The minimum absolute atomic E-state index is 0.216. The molecule has 160 valence electrons. The van der Waals surface area contributed by atoms with Crippen LogP contribution in [-0.2, 0) is 10.2 Å². The molecule has 1 aliphatic carbocycles. The molecule has 3 heterocycles. The number of nitrogens with one attached hydrogen (secondary N) is 1. The number of carbonyl (C=O) groups is 1. The number of hydrogen-bond acceptors (Lipinski definition) is 4. The molecule has 0 spiro atoms. The van der Waals surface area contributed by atoms with Gasteiger partial charge in [-0.2, -0.15) is 0 Å². The number of benzene rings is 1. The molecule has 1 aromatic carbocycles. The number of primary amides is 1. The Morgan fingerprint density at radius 2 is 2.00 bits per heavy atom. The molecule has 0 saturated carbocycles. The van der Waals surface area contributed by atoms with Crippen LogP contribution in [0.4, 0.5) is 0 Å². The second-order valence-electron chi connectivity index (χ2n) is 8.71. The number of likely N-dealkylation sites (N-methyl/N-ethyl adjacent to an activating group) is 1. The van der Waals surface area contributed by atoms with E-state index >= 15 is 0 Å². The third kappa shape index (κ3) is 3.76. The molecule has 31 heavy (non-hydrogen) atoms. The number of hydrogen-bond donors (Lipinski definition) is 2. The molecule has 1 fully saturated rings. The molecule has 1 atom stereocenters. The number of amides is 1. The number of H-pyrrole nitrogens is 1. The van der Waals surface area contributed by atoms with Crippen LogP contribution in [0.2, 0.25) is 5.15 Å². The van der Waals surface area contributed by atoms with Gasteiger partial charge >= 0.3 is 0 Å². The van der Waals surface area contributed by atoms with Crippen LogP contribution in [0.1, 0.15) is 12.0 Å². The Kier molecular flexibility index (Phi) is 5.08. The van der Waals surface area contributed by atoms with Crippen molar-refractivity contribution in [2.45, 2.75) is 11.8 Å². The second-order valence-corrected chi connectivity index (χ2v) is 9.10. The fraction of sp³-hybridized carbons (Fsp3) is 0.333. The topological polar surface area (TPSA) is 78.2 Å². The van der Waals surface area contributed by atoms with Gasteiger partial charge in [0.25, 0.3) is 0 Å². The smallest absolute Gasteiger partial charge is 0.248 e. The first-order valence-electron chi connectivity index (χ1n) is 10.6. The number of carbonyl (C=O) groups excluding carboxylic acids is 1.